The van der Waals surface area contributed by atoms with Crippen molar-refractivity contribution < 1.29 is 4.79 Å². The number of carbonyl (C=O) groups is 1. The molecule has 0 radical (unpaired) electrons. The summed E-state index contributed by atoms with van der Waals surface area (Å²) in [6, 6.07) is 0.396. The molecule has 0 bridgehead atoms. The number of rotatable bonds is 4. The highest BCUT2D eigenvalue weighted by Crippen LogP contribution is 2.05. The Balaban J connectivity index is 3.63. The van der Waals surface area contributed by atoms with E-state index in [4.69, 9.17) is 0 Å². The predicted octanol–water partition coefficient (Wildman–Crippen LogP) is 2.04. The summed E-state index contributed by atoms with van der Waals surface area (Å²) < 4.78 is 0. The summed E-state index contributed by atoms with van der Waals surface area (Å²) in [6.45, 7) is 5.87. The number of carbonyl (C=O) groups excluding carboxylic acids is 1. The highest BCUT2D eigenvalue weighted by molar-refractivity contribution is 5.73. The van der Waals surface area contributed by atoms with Crippen LogP contribution in [0.4, 0.5) is 0 Å². The van der Waals surface area contributed by atoms with E-state index in [1.165, 1.54) is 12.8 Å². The largest absolute Gasteiger partial charge is 0.343 e. The molecule has 0 fully saturated rings. The Kier molecular flexibility index (Phi) is 4.92. The Morgan fingerprint density at radius 1 is 1.55 bits per heavy atom. The minimum Gasteiger partial charge on any atom is -0.343 e. The smallest absolute Gasteiger partial charge is 0.219 e. The molecular weight excluding hydrogens is 138 g/mol. The molecule has 66 valence electrons. The number of unbranched alkanes of at least 4 members (excludes halogenated alkanes) is 1. The fraction of sp³-hybridized carbons (Fsp3) is 0.889. The van der Waals surface area contributed by atoms with Crippen molar-refractivity contribution in [2.75, 3.05) is 7.05 Å². The van der Waals surface area contributed by atoms with Crippen molar-refractivity contribution in [2.24, 2.45) is 0 Å². The van der Waals surface area contributed by atoms with Gasteiger partial charge in [-0.2, -0.15) is 0 Å². The Hall–Kier alpha value is -0.530. The second-order valence-corrected chi connectivity index (χ2v) is 3.12. The van der Waals surface area contributed by atoms with E-state index in [2.05, 4.69) is 13.8 Å². The van der Waals surface area contributed by atoms with E-state index in [1.54, 1.807) is 11.8 Å². The number of hydrogen-bond acceptors (Lipinski definition) is 1. The van der Waals surface area contributed by atoms with Gasteiger partial charge in [0.25, 0.3) is 0 Å². The monoisotopic (exact) mass is 157 g/mol. The van der Waals surface area contributed by atoms with Gasteiger partial charge in [0.15, 0.2) is 0 Å². The van der Waals surface area contributed by atoms with Crippen LogP contribution in [0.25, 0.3) is 0 Å². The standard InChI is InChI=1S/C9H19NO/c1-5-6-7-8(2)10(4)9(3)11/h8H,5-7H2,1-4H3. The van der Waals surface area contributed by atoms with Gasteiger partial charge >= 0.3 is 0 Å². The van der Waals surface area contributed by atoms with E-state index in [1.807, 2.05) is 7.05 Å². The average molecular weight is 157 g/mol. The molecule has 0 heterocycles. The zero-order chi connectivity index (χ0) is 8.85. The van der Waals surface area contributed by atoms with Gasteiger partial charge in [0, 0.05) is 20.0 Å². The second-order valence-electron chi connectivity index (χ2n) is 3.12. The molecule has 2 heteroatoms. The molecule has 1 unspecified atom stereocenters. The van der Waals surface area contributed by atoms with Crippen LogP contribution in [0.1, 0.15) is 40.0 Å². The molecule has 0 aliphatic heterocycles. The third-order valence-corrected chi connectivity index (χ3v) is 2.13. The lowest BCUT2D eigenvalue weighted by Gasteiger charge is -2.23. The minimum atomic E-state index is 0.161. The van der Waals surface area contributed by atoms with Gasteiger partial charge in [-0.05, 0) is 13.3 Å². The van der Waals surface area contributed by atoms with E-state index in [-0.39, 0.29) is 5.91 Å². The first-order valence-electron chi connectivity index (χ1n) is 4.33. The van der Waals surface area contributed by atoms with Crippen LogP contribution in [0.3, 0.4) is 0 Å². The molecule has 11 heavy (non-hydrogen) atoms. The highest BCUT2D eigenvalue weighted by Gasteiger charge is 2.09. The lowest BCUT2D eigenvalue weighted by molar-refractivity contribution is -0.129. The summed E-state index contributed by atoms with van der Waals surface area (Å²) in [4.78, 5) is 12.7. The molecule has 0 aliphatic rings. The summed E-state index contributed by atoms with van der Waals surface area (Å²) in [5.41, 5.74) is 0. The van der Waals surface area contributed by atoms with Crippen molar-refractivity contribution in [2.45, 2.75) is 46.1 Å². The van der Waals surface area contributed by atoms with Crippen LogP contribution in [0, 0.1) is 0 Å². The molecule has 0 aliphatic carbocycles. The van der Waals surface area contributed by atoms with Crippen molar-refractivity contribution in [1.29, 1.82) is 0 Å². The van der Waals surface area contributed by atoms with Gasteiger partial charge in [-0.1, -0.05) is 19.8 Å². The van der Waals surface area contributed by atoms with Gasteiger partial charge < -0.3 is 4.90 Å². The van der Waals surface area contributed by atoms with Gasteiger partial charge in [0.1, 0.15) is 0 Å². The molecule has 0 aromatic rings. The Morgan fingerprint density at radius 2 is 2.09 bits per heavy atom. The summed E-state index contributed by atoms with van der Waals surface area (Å²) in [5, 5.41) is 0. The molecule has 0 N–H and O–H groups in total. The van der Waals surface area contributed by atoms with Crippen molar-refractivity contribution in [3.63, 3.8) is 0 Å². The minimum absolute atomic E-state index is 0.161. The fourth-order valence-corrected chi connectivity index (χ4v) is 1.00. The highest BCUT2D eigenvalue weighted by atomic mass is 16.2. The fourth-order valence-electron chi connectivity index (χ4n) is 1.00. The molecule has 0 saturated carbocycles. The van der Waals surface area contributed by atoms with Crippen LogP contribution in [0.5, 0.6) is 0 Å². The van der Waals surface area contributed by atoms with Crippen molar-refractivity contribution in [3.8, 4) is 0 Å². The van der Waals surface area contributed by atoms with E-state index < -0.39 is 0 Å². The third-order valence-electron chi connectivity index (χ3n) is 2.13. The molecule has 0 spiro atoms. The molecule has 0 aromatic heterocycles. The van der Waals surface area contributed by atoms with Crippen LogP contribution in [0.2, 0.25) is 0 Å². The molecular formula is C9H19NO. The number of hydrogen-bond donors (Lipinski definition) is 0. The number of amides is 1. The molecule has 0 saturated heterocycles. The zero-order valence-corrected chi connectivity index (χ0v) is 8.05. The van der Waals surface area contributed by atoms with Gasteiger partial charge in [-0.3, -0.25) is 4.79 Å². The van der Waals surface area contributed by atoms with Crippen molar-refractivity contribution >= 4 is 5.91 Å². The second kappa shape index (κ2) is 5.16. The Labute approximate surface area is 69.6 Å². The lowest BCUT2D eigenvalue weighted by Crippen LogP contribution is -2.32. The Morgan fingerprint density at radius 3 is 2.45 bits per heavy atom. The van der Waals surface area contributed by atoms with Crippen LogP contribution in [-0.4, -0.2) is 23.9 Å². The van der Waals surface area contributed by atoms with Crippen LogP contribution < -0.4 is 0 Å². The SMILES string of the molecule is CCCCC(C)N(C)C(C)=O. The topological polar surface area (TPSA) is 20.3 Å². The molecule has 1 amide bonds. The third kappa shape index (κ3) is 4.02. The van der Waals surface area contributed by atoms with Crippen LogP contribution in [0.15, 0.2) is 0 Å². The quantitative estimate of drug-likeness (QED) is 0.611. The van der Waals surface area contributed by atoms with Gasteiger partial charge in [0.2, 0.25) is 5.91 Å². The van der Waals surface area contributed by atoms with Gasteiger partial charge in [-0.15, -0.1) is 0 Å². The molecule has 1 atom stereocenters. The normalized spacial score (nSPS) is 12.7. The lowest BCUT2D eigenvalue weighted by atomic mass is 10.1. The Bertz CT molecular complexity index is 123. The number of nitrogens with zero attached hydrogens (tertiary/aromatic N) is 1. The summed E-state index contributed by atoms with van der Waals surface area (Å²) in [7, 11) is 1.86. The first-order valence-corrected chi connectivity index (χ1v) is 4.33. The molecule has 0 rings (SSSR count). The molecule has 2 nitrogen and oxygen atoms in total. The first-order chi connectivity index (χ1) is 5.09. The summed E-state index contributed by atoms with van der Waals surface area (Å²) >= 11 is 0. The van der Waals surface area contributed by atoms with E-state index >= 15 is 0 Å². The molecule has 0 aromatic carbocycles. The maximum absolute atomic E-state index is 10.9. The van der Waals surface area contributed by atoms with Crippen LogP contribution in [-0.2, 0) is 4.79 Å². The van der Waals surface area contributed by atoms with E-state index in [9.17, 15) is 4.79 Å². The van der Waals surface area contributed by atoms with Crippen molar-refractivity contribution in [3.05, 3.63) is 0 Å². The van der Waals surface area contributed by atoms with E-state index in [0.717, 1.165) is 6.42 Å². The maximum atomic E-state index is 10.9. The van der Waals surface area contributed by atoms with E-state index in [0.29, 0.717) is 6.04 Å². The van der Waals surface area contributed by atoms with Crippen molar-refractivity contribution in [1.82, 2.24) is 4.90 Å². The van der Waals surface area contributed by atoms with Gasteiger partial charge in [0.05, 0.1) is 0 Å². The summed E-state index contributed by atoms with van der Waals surface area (Å²) in [5.74, 6) is 0.161. The average Bonchev–Trinajstić information content (AvgIpc) is 1.98. The van der Waals surface area contributed by atoms with Gasteiger partial charge in [-0.25, -0.2) is 0 Å². The maximum Gasteiger partial charge on any atom is 0.219 e. The predicted molar refractivity (Wildman–Crippen MR) is 47.4 cm³/mol. The zero-order valence-electron chi connectivity index (χ0n) is 8.05. The van der Waals surface area contributed by atoms with Crippen LogP contribution >= 0.6 is 0 Å². The first kappa shape index (κ1) is 10.5. The summed E-state index contributed by atoms with van der Waals surface area (Å²) in [6.07, 6.45) is 3.53.